The summed E-state index contributed by atoms with van der Waals surface area (Å²) in [6.45, 7) is 3.07. The highest BCUT2D eigenvalue weighted by Gasteiger charge is 2.57. The number of rotatable bonds is 2. The van der Waals surface area contributed by atoms with Gasteiger partial charge in [0.05, 0.1) is 6.10 Å². The van der Waals surface area contributed by atoms with Crippen molar-refractivity contribution in [1.82, 2.24) is 0 Å². The number of methoxy groups -OCH3 is 1. The molecule has 0 unspecified atom stereocenters. The van der Waals surface area contributed by atoms with Gasteiger partial charge in [-0.2, -0.15) is 0 Å². The summed E-state index contributed by atoms with van der Waals surface area (Å²) in [7, 11) is 1.79. The summed E-state index contributed by atoms with van der Waals surface area (Å²) >= 11 is 0. The molecule has 4 rings (SSSR count). The summed E-state index contributed by atoms with van der Waals surface area (Å²) < 4.78 is 5.57. The third kappa shape index (κ3) is 2.24. The fourth-order valence-corrected chi connectivity index (χ4v) is 6.22. The summed E-state index contributed by atoms with van der Waals surface area (Å²) in [5.74, 6) is 2.62. The van der Waals surface area contributed by atoms with Crippen molar-refractivity contribution in [3.05, 3.63) is 29.3 Å². The second kappa shape index (κ2) is 5.49. The van der Waals surface area contributed by atoms with Crippen LogP contribution in [0.2, 0.25) is 0 Å². The van der Waals surface area contributed by atoms with Crippen LogP contribution in [0.15, 0.2) is 18.2 Å². The van der Waals surface area contributed by atoms with Crippen LogP contribution in [-0.4, -0.2) is 30.0 Å². The number of aliphatic hydroxyl groups excluding tert-OH is 1. The summed E-state index contributed by atoms with van der Waals surface area (Å²) in [5, 5.41) is 20.4. The predicted molar refractivity (Wildman–Crippen MR) is 89.5 cm³/mol. The SMILES string of the molecule is COC[C@@H]1C[C@@]2(C)[C@H](O)CC[C@@H]2[C@@H]2CCc3cc(O)ccc3[C@H]12. The molecule has 2 N–H and O–H groups in total. The van der Waals surface area contributed by atoms with E-state index in [9.17, 15) is 10.2 Å². The summed E-state index contributed by atoms with van der Waals surface area (Å²) in [6.07, 6.45) is 5.22. The number of aryl methyl sites for hydroxylation is 1. The second-order valence-electron chi connectivity index (χ2n) is 8.24. The van der Waals surface area contributed by atoms with E-state index < -0.39 is 0 Å². The Labute approximate surface area is 138 Å². The quantitative estimate of drug-likeness (QED) is 0.878. The molecule has 126 valence electrons. The zero-order valence-electron chi connectivity index (χ0n) is 14.2. The van der Waals surface area contributed by atoms with Gasteiger partial charge in [-0.1, -0.05) is 13.0 Å². The van der Waals surface area contributed by atoms with Crippen LogP contribution in [0.5, 0.6) is 5.75 Å². The average Bonchev–Trinajstić information content (AvgIpc) is 2.82. The van der Waals surface area contributed by atoms with Crippen molar-refractivity contribution < 1.29 is 14.9 Å². The number of ether oxygens (including phenoxy) is 1. The number of phenols is 1. The van der Waals surface area contributed by atoms with Crippen LogP contribution < -0.4 is 0 Å². The van der Waals surface area contributed by atoms with E-state index in [0.717, 1.165) is 32.3 Å². The molecule has 3 heteroatoms. The van der Waals surface area contributed by atoms with Crippen LogP contribution in [0.1, 0.15) is 49.7 Å². The summed E-state index contributed by atoms with van der Waals surface area (Å²) in [5.41, 5.74) is 2.79. The van der Waals surface area contributed by atoms with Gasteiger partial charge >= 0.3 is 0 Å². The molecule has 3 aliphatic rings. The first-order valence-corrected chi connectivity index (χ1v) is 9.03. The van der Waals surface area contributed by atoms with Gasteiger partial charge in [0.15, 0.2) is 0 Å². The highest BCUT2D eigenvalue weighted by molar-refractivity contribution is 5.40. The maximum absolute atomic E-state index is 10.6. The number of benzene rings is 1. The summed E-state index contributed by atoms with van der Waals surface area (Å²) in [6, 6.07) is 5.92. The Bertz CT molecular complexity index is 599. The van der Waals surface area contributed by atoms with Crippen molar-refractivity contribution >= 4 is 0 Å². The molecule has 1 aromatic rings. The fourth-order valence-electron chi connectivity index (χ4n) is 6.22. The molecule has 1 aromatic carbocycles. The van der Waals surface area contributed by atoms with E-state index in [0.29, 0.717) is 29.4 Å². The van der Waals surface area contributed by atoms with E-state index in [1.165, 1.54) is 17.5 Å². The minimum absolute atomic E-state index is 0.0544. The molecule has 0 amide bonds. The third-order valence-corrected chi connectivity index (χ3v) is 7.16. The monoisotopic (exact) mass is 316 g/mol. The van der Waals surface area contributed by atoms with Gasteiger partial charge in [-0.25, -0.2) is 0 Å². The smallest absolute Gasteiger partial charge is 0.115 e. The highest BCUT2D eigenvalue weighted by Crippen LogP contribution is 2.62. The van der Waals surface area contributed by atoms with Crippen LogP contribution in [0.4, 0.5) is 0 Å². The standard InChI is InChI=1S/C20H28O3/c1-20-10-13(11-23-2)19-15-6-4-14(21)9-12(15)3-5-16(19)17(20)7-8-18(20)22/h4,6,9,13,16-19,21-22H,3,5,7-8,10-11H2,1-2H3/t13-,16-,17+,18+,19-,20+/m0/s1. The van der Waals surface area contributed by atoms with E-state index in [4.69, 9.17) is 4.74 Å². The zero-order valence-corrected chi connectivity index (χ0v) is 14.2. The van der Waals surface area contributed by atoms with Crippen molar-refractivity contribution in [1.29, 1.82) is 0 Å². The first-order valence-electron chi connectivity index (χ1n) is 9.03. The number of aromatic hydroxyl groups is 1. The lowest BCUT2D eigenvalue weighted by atomic mass is 9.52. The first-order chi connectivity index (χ1) is 11.0. The van der Waals surface area contributed by atoms with Crippen LogP contribution >= 0.6 is 0 Å². The van der Waals surface area contributed by atoms with Crippen molar-refractivity contribution in [2.45, 2.75) is 51.0 Å². The Morgan fingerprint density at radius 2 is 2.09 bits per heavy atom. The van der Waals surface area contributed by atoms with Gasteiger partial charge in [0, 0.05) is 13.7 Å². The van der Waals surface area contributed by atoms with Gasteiger partial charge in [-0.15, -0.1) is 0 Å². The Kier molecular flexibility index (Phi) is 3.69. The van der Waals surface area contributed by atoms with Gasteiger partial charge in [0.2, 0.25) is 0 Å². The summed E-state index contributed by atoms with van der Waals surface area (Å²) in [4.78, 5) is 0. The molecule has 0 bridgehead atoms. The Hall–Kier alpha value is -1.06. The van der Waals surface area contributed by atoms with Crippen LogP contribution in [-0.2, 0) is 11.2 Å². The molecule has 2 fully saturated rings. The van der Waals surface area contributed by atoms with E-state index >= 15 is 0 Å². The first kappa shape index (κ1) is 15.5. The van der Waals surface area contributed by atoms with E-state index in [1.54, 1.807) is 7.11 Å². The van der Waals surface area contributed by atoms with Gasteiger partial charge in [0.1, 0.15) is 5.75 Å². The number of hydrogen-bond donors (Lipinski definition) is 2. The molecule has 3 aliphatic carbocycles. The second-order valence-corrected chi connectivity index (χ2v) is 8.24. The molecule has 23 heavy (non-hydrogen) atoms. The molecule has 2 saturated carbocycles. The fraction of sp³-hybridized carbons (Fsp3) is 0.700. The lowest BCUT2D eigenvalue weighted by Gasteiger charge is -2.53. The van der Waals surface area contributed by atoms with Crippen molar-refractivity contribution in [3.63, 3.8) is 0 Å². The molecular weight excluding hydrogens is 288 g/mol. The van der Waals surface area contributed by atoms with Gasteiger partial charge in [-0.05, 0) is 84.5 Å². The Balaban J connectivity index is 1.77. The molecule has 0 heterocycles. The number of fused-ring (bicyclic) bond motifs is 5. The van der Waals surface area contributed by atoms with Crippen LogP contribution in [0.25, 0.3) is 0 Å². The van der Waals surface area contributed by atoms with Gasteiger partial charge in [-0.3, -0.25) is 0 Å². The average molecular weight is 316 g/mol. The van der Waals surface area contributed by atoms with E-state index in [1.807, 2.05) is 12.1 Å². The largest absolute Gasteiger partial charge is 0.508 e. The lowest BCUT2D eigenvalue weighted by molar-refractivity contribution is -0.0628. The third-order valence-electron chi connectivity index (χ3n) is 7.16. The number of phenolic OH excluding ortho intramolecular Hbond substituents is 1. The minimum atomic E-state index is -0.158. The molecular formula is C20H28O3. The van der Waals surface area contributed by atoms with Gasteiger partial charge < -0.3 is 14.9 Å². The van der Waals surface area contributed by atoms with Crippen molar-refractivity contribution in [3.8, 4) is 5.75 Å². The Morgan fingerprint density at radius 1 is 1.26 bits per heavy atom. The molecule has 0 aliphatic heterocycles. The molecule has 0 aromatic heterocycles. The topological polar surface area (TPSA) is 49.7 Å². The Morgan fingerprint density at radius 3 is 2.87 bits per heavy atom. The molecule has 0 radical (unpaired) electrons. The van der Waals surface area contributed by atoms with E-state index in [-0.39, 0.29) is 11.5 Å². The molecule has 0 spiro atoms. The predicted octanol–water partition coefficient (Wildman–Crippen LogP) is 3.48. The van der Waals surface area contributed by atoms with Gasteiger partial charge in [0.25, 0.3) is 0 Å². The highest BCUT2D eigenvalue weighted by atomic mass is 16.5. The normalized spacial score (nSPS) is 42.0. The van der Waals surface area contributed by atoms with Crippen LogP contribution in [0.3, 0.4) is 0 Å². The van der Waals surface area contributed by atoms with Crippen molar-refractivity contribution in [2.75, 3.05) is 13.7 Å². The maximum atomic E-state index is 10.6. The number of hydrogen-bond acceptors (Lipinski definition) is 3. The lowest BCUT2D eigenvalue weighted by Crippen LogP contribution is -2.48. The van der Waals surface area contributed by atoms with Crippen LogP contribution in [0, 0.1) is 23.2 Å². The molecule has 0 saturated heterocycles. The maximum Gasteiger partial charge on any atom is 0.115 e. The minimum Gasteiger partial charge on any atom is -0.508 e. The molecule has 6 atom stereocenters. The van der Waals surface area contributed by atoms with Crippen molar-refractivity contribution in [2.24, 2.45) is 23.2 Å². The zero-order chi connectivity index (χ0) is 16.2. The van der Waals surface area contributed by atoms with E-state index in [2.05, 4.69) is 13.0 Å². The molecule has 3 nitrogen and oxygen atoms in total. The number of aliphatic hydroxyl groups is 1.